The Bertz CT molecular complexity index is 400. The van der Waals surface area contributed by atoms with Crippen LogP contribution in [0.2, 0.25) is 5.02 Å². The van der Waals surface area contributed by atoms with Crippen molar-refractivity contribution in [1.29, 1.82) is 0 Å². The average molecular weight is 282 g/mol. The Morgan fingerprint density at radius 3 is 2.53 bits per heavy atom. The molecule has 1 aromatic rings. The van der Waals surface area contributed by atoms with Gasteiger partial charge in [-0.2, -0.15) is 0 Å². The molecule has 2 nitrogen and oxygen atoms in total. The molecule has 0 aromatic heterocycles. The van der Waals surface area contributed by atoms with E-state index in [0.717, 1.165) is 30.5 Å². The summed E-state index contributed by atoms with van der Waals surface area (Å²) < 4.78 is 0. The van der Waals surface area contributed by atoms with Crippen LogP contribution >= 0.6 is 11.6 Å². The van der Waals surface area contributed by atoms with Crippen molar-refractivity contribution >= 4 is 11.6 Å². The highest BCUT2D eigenvalue weighted by molar-refractivity contribution is 6.32. The molecule has 0 radical (unpaired) electrons. The Morgan fingerprint density at radius 2 is 1.89 bits per heavy atom. The minimum atomic E-state index is 0.156. The fourth-order valence-electron chi connectivity index (χ4n) is 2.92. The van der Waals surface area contributed by atoms with Gasteiger partial charge in [-0.1, -0.05) is 43.9 Å². The van der Waals surface area contributed by atoms with Crippen molar-refractivity contribution in [3.8, 4) is 5.75 Å². The summed E-state index contributed by atoms with van der Waals surface area (Å²) in [5.74, 6) is 1.95. The van der Waals surface area contributed by atoms with Gasteiger partial charge in [0.2, 0.25) is 0 Å². The summed E-state index contributed by atoms with van der Waals surface area (Å²) in [5, 5.41) is 13.3. The first-order valence-electron chi connectivity index (χ1n) is 7.37. The molecule has 2 N–H and O–H groups in total. The first-order valence-corrected chi connectivity index (χ1v) is 7.75. The fourth-order valence-corrected chi connectivity index (χ4v) is 3.13. The summed E-state index contributed by atoms with van der Waals surface area (Å²) in [6.45, 7) is 4.22. The largest absolute Gasteiger partial charge is 0.506 e. The lowest BCUT2D eigenvalue weighted by molar-refractivity contribution is 0.262. The van der Waals surface area contributed by atoms with E-state index >= 15 is 0 Å². The summed E-state index contributed by atoms with van der Waals surface area (Å²) in [6.07, 6.45) is 6.86. The minimum absolute atomic E-state index is 0.156. The highest BCUT2D eigenvalue weighted by Gasteiger charge is 2.19. The SMILES string of the molecule is CCC1CCC(CNCc2ccc(O)c(Cl)c2)CC1. The molecule has 1 aliphatic rings. The van der Waals surface area contributed by atoms with E-state index < -0.39 is 0 Å². The van der Waals surface area contributed by atoms with Crippen molar-refractivity contribution in [3.05, 3.63) is 28.8 Å². The predicted molar refractivity (Wildman–Crippen MR) is 80.6 cm³/mol. The predicted octanol–water partition coefficient (Wildman–Crippen LogP) is 4.35. The third-order valence-electron chi connectivity index (χ3n) is 4.32. The normalized spacial score (nSPS) is 23.5. The molecule has 1 fully saturated rings. The zero-order valence-electron chi connectivity index (χ0n) is 11.7. The van der Waals surface area contributed by atoms with E-state index in [-0.39, 0.29) is 5.75 Å². The summed E-state index contributed by atoms with van der Waals surface area (Å²) in [7, 11) is 0. The average Bonchev–Trinajstić information content (AvgIpc) is 2.43. The van der Waals surface area contributed by atoms with Gasteiger partial charge in [0.05, 0.1) is 5.02 Å². The van der Waals surface area contributed by atoms with Gasteiger partial charge in [0.1, 0.15) is 5.75 Å². The van der Waals surface area contributed by atoms with Crippen molar-refractivity contribution in [2.45, 2.75) is 45.6 Å². The van der Waals surface area contributed by atoms with Crippen molar-refractivity contribution in [1.82, 2.24) is 5.32 Å². The van der Waals surface area contributed by atoms with Crippen LogP contribution in [-0.4, -0.2) is 11.7 Å². The lowest BCUT2D eigenvalue weighted by Gasteiger charge is -2.27. The topological polar surface area (TPSA) is 32.3 Å². The molecule has 0 spiro atoms. The fraction of sp³-hybridized carbons (Fsp3) is 0.625. The van der Waals surface area contributed by atoms with Gasteiger partial charge in [0, 0.05) is 6.54 Å². The van der Waals surface area contributed by atoms with E-state index in [0.29, 0.717) is 5.02 Å². The maximum Gasteiger partial charge on any atom is 0.134 e. The quantitative estimate of drug-likeness (QED) is 0.841. The Hall–Kier alpha value is -0.730. The standard InChI is InChI=1S/C16H24ClNO/c1-2-12-3-5-13(6-4-12)10-18-11-14-7-8-16(19)15(17)9-14/h7-9,12-13,18-19H,2-6,10-11H2,1H3. The van der Waals surface area contributed by atoms with Crippen LogP contribution < -0.4 is 5.32 Å². The molecule has 0 bridgehead atoms. The molecule has 1 aliphatic carbocycles. The molecule has 0 aliphatic heterocycles. The van der Waals surface area contributed by atoms with E-state index in [9.17, 15) is 5.11 Å². The molecular formula is C16H24ClNO. The summed E-state index contributed by atoms with van der Waals surface area (Å²) in [6, 6.07) is 5.41. The minimum Gasteiger partial charge on any atom is -0.506 e. The number of nitrogens with one attached hydrogen (secondary N) is 1. The van der Waals surface area contributed by atoms with Crippen LogP contribution in [0.15, 0.2) is 18.2 Å². The summed E-state index contributed by atoms with van der Waals surface area (Å²) >= 11 is 5.90. The van der Waals surface area contributed by atoms with Gasteiger partial charge >= 0.3 is 0 Å². The van der Waals surface area contributed by atoms with Gasteiger partial charge in [-0.25, -0.2) is 0 Å². The van der Waals surface area contributed by atoms with Crippen LogP contribution in [-0.2, 0) is 6.54 Å². The molecule has 1 aromatic carbocycles. The maximum atomic E-state index is 9.37. The van der Waals surface area contributed by atoms with Crippen molar-refractivity contribution in [2.75, 3.05) is 6.54 Å². The zero-order valence-corrected chi connectivity index (χ0v) is 12.4. The Labute approximate surface area is 121 Å². The van der Waals surface area contributed by atoms with Crippen LogP contribution in [0.25, 0.3) is 0 Å². The second kappa shape index (κ2) is 7.16. The van der Waals surface area contributed by atoms with Crippen LogP contribution in [0.5, 0.6) is 5.75 Å². The van der Waals surface area contributed by atoms with E-state index in [2.05, 4.69) is 12.2 Å². The van der Waals surface area contributed by atoms with Gasteiger partial charge in [0.15, 0.2) is 0 Å². The second-order valence-corrected chi connectivity index (χ2v) is 6.12. The van der Waals surface area contributed by atoms with Crippen LogP contribution in [0.3, 0.4) is 0 Å². The Kier molecular flexibility index (Phi) is 5.53. The smallest absolute Gasteiger partial charge is 0.134 e. The number of phenols is 1. The Morgan fingerprint density at radius 1 is 1.21 bits per heavy atom. The van der Waals surface area contributed by atoms with Crippen molar-refractivity contribution in [3.63, 3.8) is 0 Å². The first kappa shape index (κ1) is 14.7. The monoisotopic (exact) mass is 281 g/mol. The van der Waals surface area contributed by atoms with E-state index in [4.69, 9.17) is 11.6 Å². The van der Waals surface area contributed by atoms with E-state index in [1.165, 1.54) is 32.1 Å². The van der Waals surface area contributed by atoms with Gasteiger partial charge < -0.3 is 10.4 Å². The van der Waals surface area contributed by atoms with Gasteiger partial charge in [-0.15, -0.1) is 0 Å². The molecule has 19 heavy (non-hydrogen) atoms. The first-order chi connectivity index (χ1) is 9.19. The number of benzene rings is 1. The second-order valence-electron chi connectivity index (χ2n) is 5.71. The van der Waals surface area contributed by atoms with E-state index in [1.807, 2.05) is 12.1 Å². The molecule has 0 unspecified atom stereocenters. The molecule has 2 rings (SSSR count). The lowest BCUT2D eigenvalue weighted by atomic mass is 9.81. The van der Waals surface area contributed by atoms with Gasteiger partial charge in [0.25, 0.3) is 0 Å². The summed E-state index contributed by atoms with van der Waals surface area (Å²) in [4.78, 5) is 0. The van der Waals surface area contributed by atoms with Crippen LogP contribution in [0, 0.1) is 11.8 Å². The molecule has 1 saturated carbocycles. The third kappa shape index (κ3) is 4.39. The Balaban J connectivity index is 1.70. The van der Waals surface area contributed by atoms with Crippen LogP contribution in [0.1, 0.15) is 44.6 Å². The number of hydrogen-bond acceptors (Lipinski definition) is 2. The number of rotatable bonds is 5. The number of halogens is 1. The van der Waals surface area contributed by atoms with Crippen molar-refractivity contribution < 1.29 is 5.11 Å². The highest BCUT2D eigenvalue weighted by Crippen LogP contribution is 2.30. The molecule has 0 amide bonds. The molecule has 0 heterocycles. The number of hydrogen-bond donors (Lipinski definition) is 2. The summed E-state index contributed by atoms with van der Waals surface area (Å²) in [5.41, 5.74) is 1.13. The molecule has 106 valence electrons. The van der Waals surface area contributed by atoms with Gasteiger partial charge in [-0.3, -0.25) is 0 Å². The molecular weight excluding hydrogens is 258 g/mol. The third-order valence-corrected chi connectivity index (χ3v) is 4.62. The molecule has 3 heteroatoms. The number of phenolic OH excluding ortho intramolecular Hbond substituents is 1. The van der Waals surface area contributed by atoms with E-state index in [1.54, 1.807) is 6.07 Å². The molecule has 0 atom stereocenters. The maximum absolute atomic E-state index is 9.37. The zero-order chi connectivity index (χ0) is 13.7. The highest BCUT2D eigenvalue weighted by atomic mass is 35.5. The lowest BCUT2D eigenvalue weighted by Crippen LogP contribution is -2.26. The van der Waals surface area contributed by atoms with Gasteiger partial charge in [-0.05, 0) is 48.9 Å². The van der Waals surface area contributed by atoms with Crippen molar-refractivity contribution in [2.24, 2.45) is 11.8 Å². The molecule has 0 saturated heterocycles. The van der Waals surface area contributed by atoms with Crippen LogP contribution in [0.4, 0.5) is 0 Å². The number of aromatic hydroxyl groups is 1.